The highest BCUT2D eigenvalue weighted by molar-refractivity contribution is 5.84. The molecule has 0 unspecified atom stereocenters. The number of amides is 1. The summed E-state index contributed by atoms with van der Waals surface area (Å²) in [6.45, 7) is 5.82. The van der Waals surface area contributed by atoms with Gasteiger partial charge < -0.3 is 19.9 Å². The molecule has 2 heterocycles. The Labute approximate surface area is 184 Å². The molecule has 0 atom stereocenters. The summed E-state index contributed by atoms with van der Waals surface area (Å²) in [5.41, 5.74) is 3.51. The van der Waals surface area contributed by atoms with Crippen LogP contribution in [0.25, 0.3) is 10.9 Å². The summed E-state index contributed by atoms with van der Waals surface area (Å²) < 4.78 is 5.49. The van der Waals surface area contributed by atoms with Crippen molar-refractivity contribution < 1.29 is 9.53 Å². The number of benzene rings is 2. The van der Waals surface area contributed by atoms with E-state index in [0.717, 1.165) is 63.4 Å². The first-order valence-electron chi connectivity index (χ1n) is 11.2. The van der Waals surface area contributed by atoms with Gasteiger partial charge in [0.25, 0.3) is 0 Å². The van der Waals surface area contributed by atoms with E-state index in [1.165, 1.54) is 16.6 Å². The van der Waals surface area contributed by atoms with Crippen molar-refractivity contribution in [2.75, 3.05) is 51.3 Å². The van der Waals surface area contributed by atoms with Crippen LogP contribution >= 0.6 is 0 Å². The third kappa shape index (κ3) is 5.39. The minimum Gasteiger partial charge on any atom is -0.495 e. The number of hydrogen-bond donors (Lipinski definition) is 2. The number of aromatic nitrogens is 1. The minimum absolute atomic E-state index is 0.131. The third-order valence-corrected chi connectivity index (χ3v) is 6.07. The molecule has 2 aromatic carbocycles. The lowest BCUT2D eigenvalue weighted by Gasteiger charge is -2.36. The topological polar surface area (TPSA) is 60.6 Å². The van der Waals surface area contributed by atoms with Crippen LogP contribution in [0.1, 0.15) is 18.4 Å². The van der Waals surface area contributed by atoms with E-state index in [9.17, 15) is 4.79 Å². The van der Waals surface area contributed by atoms with Crippen LogP contribution in [0.15, 0.2) is 54.7 Å². The number of H-pyrrole nitrogens is 1. The van der Waals surface area contributed by atoms with Gasteiger partial charge in [-0.15, -0.1) is 0 Å². The number of methoxy groups -OCH3 is 1. The van der Waals surface area contributed by atoms with Crippen LogP contribution < -0.4 is 15.0 Å². The largest absolute Gasteiger partial charge is 0.495 e. The summed E-state index contributed by atoms with van der Waals surface area (Å²) in [7, 11) is 1.73. The number of rotatable bonds is 9. The van der Waals surface area contributed by atoms with Crippen LogP contribution in [0.4, 0.5) is 5.69 Å². The Balaban J connectivity index is 1.13. The number of para-hydroxylation sites is 3. The Morgan fingerprint density at radius 2 is 1.84 bits per heavy atom. The fourth-order valence-corrected chi connectivity index (χ4v) is 4.31. The Bertz CT molecular complexity index is 992. The van der Waals surface area contributed by atoms with Gasteiger partial charge in [-0.2, -0.15) is 0 Å². The van der Waals surface area contributed by atoms with Crippen molar-refractivity contribution in [2.45, 2.75) is 19.3 Å². The average molecular weight is 421 g/mol. The number of carbonyl (C=O) groups excluding carboxylic acids is 1. The Morgan fingerprint density at radius 1 is 1.06 bits per heavy atom. The van der Waals surface area contributed by atoms with E-state index in [0.29, 0.717) is 6.42 Å². The summed E-state index contributed by atoms with van der Waals surface area (Å²) in [4.78, 5) is 20.4. The number of hydrogen-bond acceptors (Lipinski definition) is 4. The first-order valence-corrected chi connectivity index (χ1v) is 11.2. The van der Waals surface area contributed by atoms with Crippen LogP contribution in [0, 0.1) is 0 Å². The zero-order valence-corrected chi connectivity index (χ0v) is 18.3. The number of aryl methyl sites for hydroxylation is 1. The molecular formula is C25H32N4O2. The maximum Gasteiger partial charge on any atom is 0.220 e. The molecule has 0 bridgehead atoms. The molecular weight excluding hydrogens is 388 g/mol. The van der Waals surface area contributed by atoms with Crippen molar-refractivity contribution in [3.8, 4) is 5.75 Å². The first kappa shape index (κ1) is 21.2. The number of ether oxygens (including phenoxy) is 1. The molecule has 164 valence electrons. The zero-order chi connectivity index (χ0) is 21.5. The van der Waals surface area contributed by atoms with Crippen molar-refractivity contribution in [3.63, 3.8) is 0 Å². The Hall–Kier alpha value is -2.99. The molecule has 1 aliphatic heterocycles. The predicted octanol–water partition coefficient (Wildman–Crippen LogP) is 3.44. The van der Waals surface area contributed by atoms with Gasteiger partial charge in [0.1, 0.15) is 5.75 Å². The molecule has 6 heteroatoms. The zero-order valence-electron chi connectivity index (χ0n) is 18.3. The molecule has 0 aliphatic carbocycles. The van der Waals surface area contributed by atoms with Crippen LogP contribution in [0.3, 0.4) is 0 Å². The minimum atomic E-state index is 0.131. The number of nitrogens with zero attached hydrogens (tertiary/aromatic N) is 2. The highest BCUT2D eigenvalue weighted by Crippen LogP contribution is 2.28. The fourth-order valence-electron chi connectivity index (χ4n) is 4.31. The normalized spacial score (nSPS) is 14.7. The molecule has 4 rings (SSSR count). The second-order valence-corrected chi connectivity index (χ2v) is 8.06. The van der Waals surface area contributed by atoms with Gasteiger partial charge in [0.05, 0.1) is 12.8 Å². The standard InChI is InChI=1S/C25H32N4O2/c1-31-24-10-5-4-9-23(24)29-17-15-28(16-18-29)14-6-13-26-25(30)12-11-20-19-27-22-8-3-2-7-21(20)22/h2-5,7-10,19,27H,6,11-18H2,1H3,(H,26,30). The maximum absolute atomic E-state index is 12.2. The van der Waals surface area contributed by atoms with Gasteiger partial charge in [0.15, 0.2) is 0 Å². The summed E-state index contributed by atoms with van der Waals surface area (Å²) in [6.07, 6.45) is 4.29. The number of carbonyl (C=O) groups is 1. The average Bonchev–Trinajstić information content (AvgIpc) is 3.24. The molecule has 1 aromatic heterocycles. The highest BCUT2D eigenvalue weighted by Gasteiger charge is 2.19. The SMILES string of the molecule is COc1ccccc1N1CCN(CCCNC(=O)CCc2c[nH]c3ccccc23)CC1. The van der Waals surface area contributed by atoms with E-state index in [1.54, 1.807) is 7.11 Å². The van der Waals surface area contributed by atoms with E-state index in [4.69, 9.17) is 4.74 Å². The molecule has 0 saturated carbocycles. The van der Waals surface area contributed by atoms with Crippen molar-refractivity contribution in [1.82, 2.24) is 15.2 Å². The van der Waals surface area contributed by atoms with E-state index >= 15 is 0 Å². The number of nitrogens with one attached hydrogen (secondary N) is 2. The van der Waals surface area contributed by atoms with Gasteiger partial charge in [0.2, 0.25) is 5.91 Å². The third-order valence-electron chi connectivity index (χ3n) is 6.07. The molecule has 1 aliphatic rings. The molecule has 0 spiro atoms. The smallest absolute Gasteiger partial charge is 0.220 e. The molecule has 1 fully saturated rings. The van der Waals surface area contributed by atoms with Crippen LogP contribution in [-0.4, -0.2) is 62.2 Å². The van der Waals surface area contributed by atoms with Crippen LogP contribution in [0.5, 0.6) is 5.75 Å². The quantitative estimate of drug-likeness (QED) is 0.521. The molecule has 6 nitrogen and oxygen atoms in total. The lowest BCUT2D eigenvalue weighted by Crippen LogP contribution is -2.47. The van der Waals surface area contributed by atoms with Crippen molar-refractivity contribution in [3.05, 3.63) is 60.3 Å². The van der Waals surface area contributed by atoms with Gasteiger partial charge in [-0.25, -0.2) is 0 Å². The number of fused-ring (bicyclic) bond motifs is 1. The monoisotopic (exact) mass is 420 g/mol. The summed E-state index contributed by atoms with van der Waals surface area (Å²) in [5.74, 6) is 1.07. The van der Waals surface area contributed by atoms with Gasteiger partial charge in [-0.3, -0.25) is 9.69 Å². The van der Waals surface area contributed by atoms with Gasteiger partial charge in [0, 0.05) is 56.2 Å². The van der Waals surface area contributed by atoms with Gasteiger partial charge in [-0.05, 0) is 43.1 Å². The summed E-state index contributed by atoms with van der Waals surface area (Å²) in [5, 5.41) is 4.29. The van der Waals surface area contributed by atoms with Crippen molar-refractivity contribution in [2.24, 2.45) is 0 Å². The second-order valence-electron chi connectivity index (χ2n) is 8.06. The fraction of sp³-hybridized carbons (Fsp3) is 0.400. The lowest BCUT2D eigenvalue weighted by atomic mass is 10.1. The molecule has 0 radical (unpaired) electrons. The Morgan fingerprint density at radius 3 is 2.68 bits per heavy atom. The molecule has 31 heavy (non-hydrogen) atoms. The van der Waals surface area contributed by atoms with E-state index in [2.05, 4.69) is 44.4 Å². The van der Waals surface area contributed by atoms with E-state index in [-0.39, 0.29) is 5.91 Å². The van der Waals surface area contributed by atoms with E-state index < -0.39 is 0 Å². The number of piperazine rings is 1. The second kappa shape index (κ2) is 10.4. The maximum atomic E-state index is 12.2. The molecule has 1 saturated heterocycles. The van der Waals surface area contributed by atoms with E-state index in [1.807, 2.05) is 30.5 Å². The summed E-state index contributed by atoms with van der Waals surface area (Å²) in [6, 6.07) is 16.4. The number of anilines is 1. The van der Waals surface area contributed by atoms with Gasteiger partial charge in [-0.1, -0.05) is 30.3 Å². The van der Waals surface area contributed by atoms with Crippen molar-refractivity contribution in [1.29, 1.82) is 0 Å². The predicted molar refractivity (Wildman–Crippen MR) is 126 cm³/mol. The summed E-state index contributed by atoms with van der Waals surface area (Å²) >= 11 is 0. The van der Waals surface area contributed by atoms with Gasteiger partial charge >= 0.3 is 0 Å². The Kier molecular flexibility index (Phi) is 7.10. The first-order chi connectivity index (χ1) is 15.2. The van der Waals surface area contributed by atoms with Crippen molar-refractivity contribution >= 4 is 22.5 Å². The van der Waals surface area contributed by atoms with Crippen LogP contribution in [-0.2, 0) is 11.2 Å². The highest BCUT2D eigenvalue weighted by atomic mass is 16.5. The lowest BCUT2D eigenvalue weighted by molar-refractivity contribution is -0.121. The molecule has 3 aromatic rings. The molecule has 1 amide bonds. The van der Waals surface area contributed by atoms with Crippen LogP contribution in [0.2, 0.25) is 0 Å². The molecule has 2 N–H and O–H groups in total. The number of aromatic amines is 1.